The van der Waals surface area contributed by atoms with Gasteiger partial charge in [-0.1, -0.05) is 45.3 Å². The SMILES string of the molecule is CC(CCCC(C)N(C)c1ccc([N+](=O)[O-])c2nonc12)C1CCC2C3CC=C4CC(O)CC[C@]4(C)C3CC[C@]12C. The Bertz CT molecular complexity index is 1320. The van der Waals surface area contributed by atoms with Gasteiger partial charge in [0, 0.05) is 19.2 Å². The van der Waals surface area contributed by atoms with Gasteiger partial charge in [-0.05, 0) is 122 Å². The maximum absolute atomic E-state index is 11.4. The number of benzene rings is 1. The summed E-state index contributed by atoms with van der Waals surface area (Å²) in [5, 5.41) is 29.5. The summed E-state index contributed by atoms with van der Waals surface area (Å²) < 4.78 is 4.87. The summed E-state index contributed by atoms with van der Waals surface area (Å²) in [4.78, 5) is 13.1. The van der Waals surface area contributed by atoms with Crippen molar-refractivity contribution in [1.29, 1.82) is 0 Å². The molecule has 1 aromatic carbocycles. The van der Waals surface area contributed by atoms with Crippen molar-refractivity contribution in [3.8, 4) is 0 Å². The minimum absolute atomic E-state index is 0.0754. The van der Waals surface area contributed by atoms with Crippen LogP contribution in [0.25, 0.3) is 11.0 Å². The molecule has 1 aromatic heterocycles. The molecule has 8 heteroatoms. The number of hydrogen-bond donors (Lipinski definition) is 1. The van der Waals surface area contributed by atoms with Crippen molar-refractivity contribution in [2.75, 3.05) is 11.9 Å². The number of rotatable bonds is 8. The average Bonchev–Trinajstić information content (AvgIpc) is 3.57. The first-order valence-corrected chi connectivity index (χ1v) is 16.0. The van der Waals surface area contributed by atoms with Crippen LogP contribution in [0, 0.1) is 50.5 Å². The number of allylic oxidation sites excluding steroid dienone is 1. The van der Waals surface area contributed by atoms with Gasteiger partial charge in [0.1, 0.15) is 0 Å². The third kappa shape index (κ3) is 4.68. The number of hydrogen-bond acceptors (Lipinski definition) is 7. The van der Waals surface area contributed by atoms with Gasteiger partial charge in [0.2, 0.25) is 5.52 Å². The lowest BCUT2D eigenvalue weighted by molar-refractivity contribution is -0.383. The molecule has 4 aliphatic rings. The van der Waals surface area contributed by atoms with Gasteiger partial charge in [-0.3, -0.25) is 10.1 Å². The highest BCUT2D eigenvalue weighted by atomic mass is 16.6. The Hall–Kier alpha value is -2.48. The molecule has 41 heavy (non-hydrogen) atoms. The van der Waals surface area contributed by atoms with E-state index in [1.54, 1.807) is 11.6 Å². The zero-order chi connectivity index (χ0) is 29.1. The molecule has 0 spiro atoms. The van der Waals surface area contributed by atoms with Crippen LogP contribution < -0.4 is 4.90 Å². The molecule has 0 saturated heterocycles. The van der Waals surface area contributed by atoms with Crippen molar-refractivity contribution in [1.82, 2.24) is 10.3 Å². The van der Waals surface area contributed by atoms with Crippen molar-refractivity contribution in [3.05, 3.63) is 33.9 Å². The van der Waals surface area contributed by atoms with Crippen LogP contribution in [-0.2, 0) is 0 Å². The van der Waals surface area contributed by atoms with Gasteiger partial charge < -0.3 is 10.0 Å². The van der Waals surface area contributed by atoms with Crippen molar-refractivity contribution >= 4 is 22.4 Å². The first-order chi connectivity index (χ1) is 19.5. The first kappa shape index (κ1) is 28.6. The monoisotopic (exact) mass is 564 g/mol. The fourth-order valence-electron chi connectivity index (χ4n) is 10.3. The number of fused-ring (bicyclic) bond motifs is 6. The van der Waals surface area contributed by atoms with Crippen LogP contribution in [0.15, 0.2) is 28.4 Å². The number of aromatic nitrogens is 2. The van der Waals surface area contributed by atoms with Gasteiger partial charge in [0.25, 0.3) is 0 Å². The molecule has 0 aliphatic heterocycles. The van der Waals surface area contributed by atoms with Crippen molar-refractivity contribution in [2.45, 2.75) is 110 Å². The Labute approximate surface area is 244 Å². The first-order valence-electron chi connectivity index (χ1n) is 16.0. The highest BCUT2D eigenvalue weighted by Crippen LogP contribution is 2.67. The van der Waals surface area contributed by atoms with Crippen LogP contribution in [0.1, 0.15) is 98.3 Å². The average molecular weight is 565 g/mol. The number of aliphatic hydroxyl groups excluding tert-OH is 1. The number of aliphatic hydroxyl groups is 1. The normalized spacial score (nSPS) is 36.1. The molecule has 3 fully saturated rings. The lowest BCUT2D eigenvalue weighted by atomic mass is 9.47. The second-order valence-corrected chi connectivity index (χ2v) is 14.6. The number of nitro groups is 1. The van der Waals surface area contributed by atoms with Crippen LogP contribution in [0.2, 0.25) is 0 Å². The molecule has 3 saturated carbocycles. The summed E-state index contributed by atoms with van der Waals surface area (Å²) >= 11 is 0. The fourth-order valence-corrected chi connectivity index (χ4v) is 10.3. The summed E-state index contributed by atoms with van der Waals surface area (Å²) in [5.41, 5.74) is 3.73. The summed E-state index contributed by atoms with van der Waals surface area (Å²) in [6.07, 6.45) is 15.6. The van der Waals surface area contributed by atoms with Gasteiger partial charge in [0.05, 0.1) is 16.7 Å². The zero-order valence-corrected chi connectivity index (χ0v) is 25.5. The summed E-state index contributed by atoms with van der Waals surface area (Å²) in [5.74, 6) is 3.95. The van der Waals surface area contributed by atoms with E-state index in [1.165, 1.54) is 44.6 Å². The van der Waals surface area contributed by atoms with E-state index in [1.807, 2.05) is 7.05 Å². The zero-order valence-electron chi connectivity index (χ0n) is 25.5. The second kappa shape index (κ2) is 10.7. The highest BCUT2D eigenvalue weighted by Gasteiger charge is 2.59. The van der Waals surface area contributed by atoms with Crippen molar-refractivity contribution in [2.24, 2.45) is 40.4 Å². The Morgan fingerprint density at radius 2 is 1.88 bits per heavy atom. The summed E-state index contributed by atoms with van der Waals surface area (Å²) in [6, 6.07) is 3.53. The van der Waals surface area contributed by atoms with E-state index < -0.39 is 4.92 Å². The number of non-ortho nitro benzene ring substituents is 1. The molecule has 0 bridgehead atoms. The predicted molar refractivity (Wildman–Crippen MR) is 161 cm³/mol. The van der Waals surface area contributed by atoms with E-state index in [0.717, 1.165) is 61.5 Å². The Balaban J connectivity index is 1.07. The molecule has 8 nitrogen and oxygen atoms in total. The summed E-state index contributed by atoms with van der Waals surface area (Å²) in [6.45, 7) is 9.88. The maximum atomic E-state index is 11.4. The Morgan fingerprint density at radius 3 is 2.66 bits per heavy atom. The third-order valence-electron chi connectivity index (χ3n) is 12.7. The van der Waals surface area contributed by atoms with Crippen molar-refractivity contribution < 1.29 is 14.7 Å². The molecule has 0 amide bonds. The minimum Gasteiger partial charge on any atom is -0.393 e. The van der Waals surface area contributed by atoms with E-state index in [4.69, 9.17) is 4.63 Å². The van der Waals surface area contributed by atoms with Crippen LogP contribution in [0.3, 0.4) is 0 Å². The van der Waals surface area contributed by atoms with Gasteiger partial charge >= 0.3 is 5.69 Å². The lowest BCUT2D eigenvalue weighted by Gasteiger charge is -2.58. The Morgan fingerprint density at radius 1 is 1.10 bits per heavy atom. The number of nitro benzene ring substituents is 1. The van der Waals surface area contributed by atoms with Gasteiger partial charge in [-0.25, -0.2) is 4.63 Å². The highest BCUT2D eigenvalue weighted by molar-refractivity contribution is 5.93. The topological polar surface area (TPSA) is 106 Å². The van der Waals surface area contributed by atoms with Crippen LogP contribution in [-0.4, -0.2) is 39.5 Å². The molecular weight excluding hydrogens is 516 g/mol. The molecule has 6 rings (SSSR count). The number of nitrogens with zero attached hydrogens (tertiary/aromatic N) is 4. The van der Waals surface area contributed by atoms with E-state index in [2.05, 4.69) is 49.0 Å². The van der Waals surface area contributed by atoms with Crippen LogP contribution in [0.4, 0.5) is 11.4 Å². The van der Waals surface area contributed by atoms with Gasteiger partial charge in [0.15, 0.2) is 5.52 Å². The van der Waals surface area contributed by atoms with E-state index in [9.17, 15) is 15.2 Å². The lowest BCUT2D eigenvalue weighted by Crippen LogP contribution is -2.50. The molecule has 1 N–H and O–H groups in total. The van der Waals surface area contributed by atoms with E-state index in [-0.39, 0.29) is 23.3 Å². The minimum atomic E-state index is -0.439. The molecule has 9 atom stereocenters. The molecule has 0 radical (unpaired) electrons. The van der Waals surface area contributed by atoms with Crippen LogP contribution in [0.5, 0.6) is 0 Å². The third-order valence-corrected chi connectivity index (χ3v) is 12.7. The standard InChI is InChI=1S/C33H48N4O4/c1-20(7-6-8-21(2)36(5)28-13-14-29(37(39)40)31-30(28)34-41-35-31)25-11-12-26-24-10-9-22-19-23(38)15-17-32(22,3)27(24)16-18-33(25,26)4/h9,13-14,20-21,23-27,38H,6-8,10-12,15-19H2,1-5H3/t20?,21?,23?,24?,25?,26?,27?,32-,33+/m0/s1. The molecule has 224 valence electrons. The predicted octanol–water partition coefficient (Wildman–Crippen LogP) is 7.70. The molecule has 2 aromatic rings. The van der Waals surface area contributed by atoms with Gasteiger partial charge in [-0.15, -0.1) is 0 Å². The van der Waals surface area contributed by atoms with E-state index >= 15 is 0 Å². The molecule has 4 aliphatic carbocycles. The maximum Gasteiger partial charge on any atom is 0.300 e. The second-order valence-electron chi connectivity index (χ2n) is 14.6. The largest absolute Gasteiger partial charge is 0.393 e. The number of anilines is 1. The van der Waals surface area contributed by atoms with Crippen LogP contribution >= 0.6 is 0 Å². The molecule has 1 heterocycles. The smallest absolute Gasteiger partial charge is 0.300 e. The molecular formula is C33H48N4O4. The van der Waals surface area contributed by atoms with Crippen molar-refractivity contribution in [3.63, 3.8) is 0 Å². The van der Waals surface area contributed by atoms with E-state index in [0.29, 0.717) is 22.3 Å². The van der Waals surface area contributed by atoms with Gasteiger partial charge in [-0.2, -0.15) is 0 Å². The fraction of sp³-hybridized carbons (Fsp3) is 0.758. The molecule has 7 unspecified atom stereocenters. The Kier molecular flexibility index (Phi) is 7.44. The quantitative estimate of drug-likeness (QED) is 0.199. The summed E-state index contributed by atoms with van der Waals surface area (Å²) in [7, 11) is 2.03.